The number of aromatic nitrogens is 2. The highest BCUT2D eigenvalue weighted by Crippen LogP contribution is 2.44. The van der Waals surface area contributed by atoms with E-state index in [2.05, 4.69) is 72.1 Å². The molecular formula is C31H33N5O2S. The summed E-state index contributed by atoms with van der Waals surface area (Å²) >= 11 is 5.92. The molecule has 0 aliphatic carbocycles. The molecule has 0 radical (unpaired) electrons. The van der Waals surface area contributed by atoms with E-state index in [1.165, 1.54) is 29.5 Å². The average molecular weight is 540 g/mol. The highest BCUT2D eigenvalue weighted by molar-refractivity contribution is 7.80. The van der Waals surface area contributed by atoms with Crippen molar-refractivity contribution in [3.63, 3.8) is 0 Å². The second-order valence-corrected chi connectivity index (χ2v) is 10.3. The number of thiocarbonyl (C=S) groups is 1. The maximum absolute atomic E-state index is 12.0. The Hall–Kier alpha value is -4.01. The molecule has 2 N–H and O–H groups in total. The normalized spacial score (nSPS) is 16.8. The van der Waals surface area contributed by atoms with E-state index in [1.54, 1.807) is 0 Å². The summed E-state index contributed by atoms with van der Waals surface area (Å²) in [6.07, 6.45) is 1.82. The van der Waals surface area contributed by atoms with Crippen LogP contribution in [0, 0.1) is 27.7 Å². The van der Waals surface area contributed by atoms with Crippen molar-refractivity contribution in [2.45, 2.75) is 39.8 Å². The van der Waals surface area contributed by atoms with E-state index in [4.69, 9.17) is 21.9 Å². The number of anilines is 2. The molecular weight excluding hydrogens is 506 g/mol. The van der Waals surface area contributed by atoms with Gasteiger partial charge >= 0.3 is 0 Å². The lowest BCUT2D eigenvalue weighted by molar-refractivity contribution is -0.119. The molecule has 1 aliphatic rings. The third-order valence-electron chi connectivity index (χ3n) is 7.41. The van der Waals surface area contributed by atoms with Crippen LogP contribution in [-0.2, 0) is 9.53 Å². The molecule has 2 aromatic carbocycles. The molecule has 2 atom stereocenters. The second-order valence-electron chi connectivity index (χ2n) is 9.91. The highest BCUT2D eigenvalue weighted by Gasteiger charge is 2.42. The van der Waals surface area contributed by atoms with Crippen molar-refractivity contribution in [2.24, 2.45) is 0 Å². The van der Waals surface area contributed by atoms with Gasteiger partial charge in [0.2, 0.25) is 5.91 Å². The van der Waals surface area contributed by atoms with Crippen LogP contribution in [0.1, 0.15) is 45.9 Å². The van der Waals surface area contributed by atoms with Crippen molar-refractivity contribution in [3.05, 3.63) is 107 Å². The number of nitrogens with one attached hydrogen (secondary N) is 2. The third-order valence-corrected chi connectivity index (χ3v) is 7.72. The Bertz CT molecular complexity index is 1510. The minimum absolute atomic E-state index is 0.00570. The van der Waals surface area contributed by atoms with Gasteiger partial charge < -0.3 is 24.8 Å². The standard InChI is InChI=1S/C31H33N5O2S/c1-19-9-8-11-27(21(19)3)35-20(2)17-25(22(35)4)30-29(26-10-6-7-16-32-26)34-31(39)36(30)24-14-12-23(13-15-24)33-28(37)18-38-5/h6-17,29-30H,18H2,1-5H3,(H,33,37)(H,34,39)/t29-,30+/m0/s1. The van der Waals surface area contributed by atoms with Gasteiger partial charge in [0.25, 0.3) is 0 Å². The third kappa shape index (κ3) is 5.05. The predicted octanol–water partition coefficient (Wildman–Crippen LogP) is 5.87. The van der Waals surface area contributed by atoms with Crippen LogP contribution in [0.2, 0.25) is 0 Å². The van der Waals surface area contributed by atoms with E-state index in [1.807, 2.05) is 48.7 Å². The molecule has 7 nitrogen and oxygen atoms in total. The predicted molar refractivity (Wildman–Crippen MR) is 160 cm³/mol. The number of carbonyl (C=O) groups excluding carboxylic acids is 1. The molecule has 3 heterocycles. The van der Waals surface area contributed by atoms with Gasteiger partial charge in [0.05, 0.1) is 17.8 Å². The summed E-state index contributed by atoms with van der Waals surface area (Å²) in [5, 5.41) is 7.03. The second kappa shape index (κ2) is 11.0. The topological polar surface area (TPSA) is 71.4 Å². The van der Waals surface area contributed by atoms with E-state index >= 15 is 0 Å². The minimum Gasteiger partial charge on any atom is -0.375 e. The van der Waals surface area contributed by atoms with Crippen LogP contribution in [0.25, 0.3) is 5.69 Å². The number of rotatable bonds is 7. The lowest BCUT2D eigenvalue weighted by Gasteiger charge is -2.28. The molecule has 39 heavy (non-hydrogen) atoms. The van der Waals surface area contributed by atoms with E-state index < -0.39 is 0 Å². The molecule has 0 saturated carbocycles. The van der Waals surface area contributed by atoms with Gasteiger partial charge in [-0.15, -0.1) is 0 Å². The minimum atomic E-state index is -0.199. The van der Waals surface area contributed by atoms with Crippen LogP contribution in [0.4, 0.5) is 11.4 Å². The molecule has 1 saturated heterocycles. The van der Waals surface area contributed by atoms with Crippen LogP contribution in [0.3, 0.4) is 0 Å². The first-order valence-electron chi connectivity index (χ1n) is 12.9. The molecule has 1 amide bonds. The van der Waals surface area contributed by atoms with Gasteiger partial charge in [0.15, 0.2) is 5.11 Å². The first-order valence-corrected chi connectivity index (χ1v) is 13.4. The summed E-state index contributed by atoms with van der Waals surface area (Å²) in [5.74, 6) is -0.199. The monoisotopic (exact) mass is 539 g/mol. The average Bonchev–Trinajstić information content (AvgIpc) is 3.42. The van der Waals surface area contributed by atoms with Gasteiger partial charge in [0, 0.05) is 41.8 Å². The molecule has 0 bridgehead atoms. The molecule has 8 heteroatoms. The number of carbonyl (C=O) groups is 1. The molecule has 200 valence electrons. The Kier molecular flexibility index (Phi) is 7.50. The summed E-state index contributed by atoms with van der Waals surface area (Å²) in [7, 11) is 1.50. The lowest BCUT2D eigenvalue weighted by Crippen LogP contribution is -2.29. The Morgan fingerprint density at radius 3 is 2.51 bits per heavy atom. The van der Waals surface area contributed by atoms with Crippen LogP contribution >= 0.6 is 12.2 Å². The molecule has 2 aromatic heterocycles. The van der Waals surface area contributed by atoms with Gasteiger partial charge in [-0.05, 0) is 105 Å². The Morgan fingerprint density at radius 1 is 1.05 bits per heavy atom. The van der Waals surface area contributed by atoms with Crippen molar-refractivity contribution < 1.29 is 9.53 Å². The molecule has 1 fully saturated rings. The summed E-state index contributed by atoms with van der Waals surface area (Å²) in [6, 6.07) is 22.1. The zero-order chi connectivity index (χ0) is 27.7. The van der Waals surface area contributed by atoms with E-state index in [0.29, 0.717) is 10.8 Å². The molecule has 5 rings (SSSR count). The maximum Gasteiger partial charge on any atom is 0.250 e. The number of amides is 1. The van der Waals surface area contributed by atoms with Crippen LogP contribution < -0.4 is 15.5 Å². The van der Waals surface area contributed by atoms with Crippen molar-refractivity contribution in [2.75, 3.05) is 23.9 Å². The fourth-order valence-corrected chi connectivity index (χ4v) is 5.76. The smallest absolute Gasteiger partial charge is 0.250 e. The van der Waals surface area contributed by atoms with Gasteiger partial charge in [-0.25, -0.2) is 0 Å². The van der Waals surface area contributed by atoms with Gasteiger partial charge in [0.1, 0.15) is 6.61 Å². The number of ether oxygens (including phenoxy) is 1. The molecule has 4 aromatic rings. The number of methoxy groups -OCH3 is 1. The van der Waals surface area contributed by atoms with Gasteiger partial charge in [-0.3, -0.25) is 9.78 Å². The Labute approximate surface area is 234 Å². The SMILES string of the molecule is COCC(=O)Nc1ccc(N2C(=S)N[C@@H](c3ccccn3)[C@H]2c2cc(C)n(-c3cccc(C)c3C)c2C)cc1. The molecule has 0 unspecified atom stereocenters. The molecule has 0 spiro atoms. The summed E-state index contributed by atoms with van der Waals surface area (Å²) in [4.78, 5) is 18.8. The summed E-state index contributed by atoms with van der Waals surface area (Å²) in [5.41, 5.74) is 9.74. The van der Waals surface area contributed by atoms with Crippen molar-refractivity contribution in [1.82, 2.24) is 14.9 Å². The van der Waals surface area contributed by atoms with Crippen LogP contribution in [0.15, 0.2) is 72.9 Å². The zero-order valence-electron chi connectivity index (χ0n) is 22.9. The number of benzene rings is 2. The van der Waals surface area contributed by atoms with E-state index in [9.17, 15) is 4.79 Å². The van der Waals surface area contributed by atoms with Crippen LogP contribution in [-0.4, -0.2) is 34.3 Å². The fourth-order valence-electron chi connectivity index (χ4n) is 5.42. The van der Waals surface area contributed by atoms with Gasteiger partial charge in [-0.2, -0.15) is 0 Å². The van der Waals surface area contributed by atoms with Crippen molar-refractivity contribution in [1.29, 1.82) is 0 Å². The Balaban J connectivity index is 1.60. The van der Waals surface area contributed by atoms with Crippen molar-refractivity contribution in [3.8, 4) is 5.69 Å². The van der Waals surface area contributed by atoms with E-state index in [0.717, 1.165) is 22.8 Å². The largest absolute Gasteiger partial charge is 0.375 e. The first kappa shape index (κ1) is 26.6. The van der Waals surface area contributed by atoms with Crippen molar-refractivity contribution >= 4 is 34.6 Å². The number of hydrogen-bond donors (Lipinski definition) is 2. The first-order chi connectivity index (χ1) is 18.8. The lowest BCUT2D eigenvalue weighted by atomic mass is 9.96. The fraction of sp³-hybridized carbons (Fsp3) is 0.258. The molecule has 1 aliphatic heterocycles. The van der Waals surface area contributed by atoms with E-state index in [-0.39, 0.29) is 24.6 Å². The number of nitrogens with zero attached hydrogens (tertiary/aromatic N) is 3. The highest BCUT2D eigenvalue weighted by atomic mass is 32.1. The van der Waals surface area contributed by atoms with Gasteiger partial charge in [-0.1, -0.05) is 18.2 Å². The Morgan fingerprint density at radius 2 is 1.82 bits per heavy atom. The number of hydrogen-bond acceptors (Lipinski definition) is 4. The summed E-state index contributed by atoms with van der Waals surface area (Å²) in [6.45, 7) is 8.65. The van der Waals surface area contributed by atoms with Crippen LogP contribution in [0.5, 0.6) is 0 Å². The quantitative estimate of drug-likeness (QED) is 0.286. The maximum atomic E-state index is 12.0. The zero-order valence-corrected chi connectivity index (χ0v) is 23.7. The number of pyridine rings is 1. The summed E-state index contributed by atoms with van der Waals surface area (Å²) < 4.78 is 7.26. The number of aryl methyl sites for hydroxylation is 2.